The molecule has 1 aromatic carbocycles. The summed E-state index contributed by atoms with van der Waals surface area (Å²) in [4.78, 5) is 0. The normalized spacial score (nSPS) is 10.4. The maximum Gasteiger partial charge on any atom is 0.0406 e. The van der Waals surface area contributed by atoms with Crippen LogP contribution < -0.4 is 0 Å². The first-order valence-electron chi connectivity index (χ1n) is 3.26. The molecule has 0 aliphatic heterocycles. The third-order valence-electron chi connectivity index (χ3n) is 1.42. The van der Waals surface area contributed by atoms with Gasteiger partial charge in [-0.15, -0.1) is 0 Å². The van der Waals surface area contributed by atoms with Crippen LogP contribution in [0.1, 0.15) is 19.4 Å². The van der Waals surface area contributed by atoms with Crippen LogP contribution in [0.2, 0.25) is 5.02 Å². The Hall–Kier alpha value is -0.490. The molecule has 0 aromatic heterocycles. The molecule has 1 radical (unpaired) electrons. The fourth-order valence-corrected chi connectivity index (χ4v) is 0.909. The molecule has 0 aliphatic carbocycles. The molecule has 0 amide bonds. The fraction of sp³-hybridized carbons (Fsp3) is 0.222. The monoisotopic (exact) mass is 153 g/mol. The van der Waals surface area contributed by atoms with Crippen molar-refractivity contribution in [2.75, 3.05) is 0 Å². The number of benzene rings is 1. The molecule has 0 N–H and O–H groups in total. The summed E-state index contributed by atoms with van der Waals surface area (Å²) in [6.07, 6.45) is 0. The highest BCUT2D eigenvalue weighted by atomic mass is 35.5. The van der Waals surface area contributed by atoms with Crippen molar-refractivity contribution in [3.05, 3.63) is 40.8 Å². The van der Waals surface area contributed by atoms with E-state index in [-0.39, 0.29) is 0 Å². The van der Waals surface area contributed by atoms with E-state index >= 15 is 0 Å². The van der Waals surface area contributed by atoms with E-state index in [9.17, 15) is 0 Å². The van der Waals surface area contributed by atoms with Gasteiger partial charge in [0.15, 0.2) is 0 Å². The summed E-state index contributed by atoms with van der Waals surface area (Å²) in [6, 6.07) is 7.86. The summed E-state index contributed by atoms with van der Waals surface area (Å²) < 4.78 is 0. The molecule has 0 nitrogen and oxygen atoms in total. The maximum absolute atomic E-state index is 5.71. The van der Waals surface area contributed by atoms with Crippen LogP contribution in [0, 0.1) is 5.92 Å². The Morgan fingerprint density at radius 2 is 1.60 bits per heavy atom. The average molecular weight is 154 g/mol. The van der Waals surface area contributed by atoms with Crippen LogP contribution in [0.4, 0.5) is 0 Å². The molecule has 0 saturated heterocycles. The number of halogens is 1. The summed E-state index contributed by atoms with van der Waals surface area (Å²) >= 11 is 5.71. The lowest BCUT2D eigenvalue weighted by Gasteiger charge is -2.02. The van der Waals surface area contributed by atoms with Crippen molar-refractivity contribution >= 4 is 11.6 Å². The first kappa shape index (κ1) is 7.62. The first-order chi connectivity index (χ1) is 4.70. The third-order valence-corrected chi connectivity index (χ3v) is 1.67. The topological polar surface area (TPSA) is 0 Å². The number of rotatable bonds is 1. The summed E-state index contributed by atoms with van der Waals surface area (Å²) in [5.41, 5.74) is 1.25. The molecule has 1 rings (SSSR count). The van der Waals surface area contributed by atoms with E-state index in [0.29, 0.717) is 0 Å². The molecular weight excluding hydrogens is 144 g/mol. The molecule has 0 heterocycles. The number of hydrogen-bond acceptors (Lipinski definition) is 0. The minimum Gasteiger partial charge on any atom is -0.0843 e. The Labute approximate surface area is 66.8 Å². The highest BCUT2D eigenvalue weighted by molar-refractivity contribution is 6.30. The second-order valence-corrected chi connectivity index (χ2v) is 2.94. The fourth-order valence-electron chi connectivity index (χ4n) is 0.783. The second-order valence-electron chi connectivity index (χ2n) is 2.51. The Morgan fingerprint density at radius 3 is 2.00 bits per heavy atom. The van der Waals surface area contributed by atoms with Crippen molar-refractivity contribution in [1.29, 1.82) is 0 Å². The zero-order valence-corrected chi connectivity index (χ0v) is 6.94. The molecule has 0 atom stereocenters. The minimum absolute atomic E-state index is 0.796. The van der Waals surface area contributed by atoms with Crippen LogP contribution in [-0.2, 0) is 0 Å². The van der Waals surface area contributed by atoms with Gasteiger partial charge in [0.25, 0.3) is 0 Å². The standard InChI is InChI=1S/C9H10Cl/c1-7(2)8-3-5-9(10)6-4-8/h3-6H,1-2H3. The lowest BCUT2D eigenvalue weighted by atomic mass is 10.0. The van der Waals surface area contributed by atoms with E-state index < -0.39 is 0 Å². The summed E-state index contributed by atoms with van der Waals surface area (Å²) in [7, 11) is 0. The molecule has 0 bridgehead atoms. The van der Waals surface area contributed by atoms with Crippen LogP contribution in [-0.4, -0.2) is 0 Å². The van der Waals surface area contributed by atoms with Crippen molar-refractivity contribution in [2.24, 2.45) is 0 Å². The van der Waals surface area contributed by atoms with Gasteiger partial charge in [0.2, 0.25) is 0 Å². The molecule has 1 aromatic rings. The van der Waals surface area contributed by atoms with Gasteiger partial charge in [-0.05, 0) is 23.6 Å². The summed E-state index contributed by atoms with van der Waals surface area (Å²) in [6.45, 7) is 4.17. The molecular formula is C9H10Cl. The van der Waals surface area contributed by atoms with Crippen LogP contribution in [0.15, 0.2) is 24.3 Å². The van der Waals surface area contributed by atoms with Gasteiger partial charge in [-0.1, -0.05) is 37.6 Å². The van der Waals surface area contributed by atoms with Crippen molar-refractivity contribution in [3.63, 3.8) is 0 Å². The zero-order chi connectivity index (χ0) is 7.56. The Morgan fingerprint density at radius 1 is 1.10 bits per heavy atom. The number of hydrogen-bond donors (Lipinski definition) is 0. The summed E-state index contributed by atoms with van der Waals surface area (Å²) in [5, 5.41) is 0.796. The van der Waals surface area contributed by atoms with E-state index in [1.165, 1.54) is 11.5 Å². The molecule has 0 aliphatic rings. The van der Waals surface area contributed by atoms with Gasteiger partial charge in [0.05, 0.1) is 0 Å². The van der Waals surface area contributed by atoms with Crippen molar-refractivity contribution < 1.29 is 0 Å². The van der Waals surface area contributed by atoms with Crippen LogP contribution in [0.5, 0.6) is 0 Å². The van der Waals surface area contributed by atoms with E-state index in [4.69, 9.17) is 11.6 Å². The molecule has 53 valence electrons. The lowest BCUT2D eigenvalue weighted by Crippen LogP contribution is -1.85. The molecule has 0 spiro atoms. The van der Waals surface area contributed by atoms with Gasteiger partial charge in [0, 0.05) is 5.02 Å². The van der Waals surface area contributed by atoms with Gasteiger partial charge in [-0.2, -0.15) is 0 Å². The first-order valence-corrected chi connectivity index (χ1v) is 3.64. The molecule has 0 fully saturated rings. The largest absolute Gasteiger partial charge is 0.0843 e. The van der Waals surface area contributed by atoms with E-state index in [2.05, 4.69) is 13.8 Å². The quantitative estimate of drug-likeness (QED) is 0.581. The second kappa shape index (κ2) is 3.07. The molecule has 0 saturated carbocycles. The maximum atomic E-state index is 5.71. The highest BCUT2D eigenvalue weighted by Gasteiger charge is 1.96. The minimum atomic E-state index is 0.796. The highest BCUT2D eigenvalue weighted by Crippen LogP contribution is 2.15. The van der Waals surface area contributed by atoms with Gasteiger partial charge < -0.3 is 0 Å². The average Bonchev–Trinajstić information content (AvgIpc) is 1.88. The van der Waals surface area contributed by atoms with E-state index in [1.807, 2.05) is 24.3 Å². The van der Waals surface area contributed by atoms with Crippen LogP contribution >= 0.6 is 11.6 Å². The van der Waals surface area contributed by atoms with E-state index in [1.54, 1.807) is 0 Å². The van der Waals surface area contributed by atoms with Gasteiger partial charge in [-0.3, -0.25) is 0 Å². The van der Waals surface area contributed by atoms with Crippen molar-refractivity contribution in [1.82, 2.24) is 0 Å². The van der Waals surface area contributed by atoms with Gasteiger partial charge in [-0.25, -0.2) is 0 Å². The van der Waals surface area contributed by atoms with Crippen molar-refractivity contribution in [2.45, 2.75) is 13.8 Å². The smallest absolute Gasteiger partial charge is 0.0406 e. The van der Waals surface area contributed by atoms with Crippen molar-refractivity contribution in [3.8, 4) is 0 Å². The molecule has 0 unspecified atom stereocenters. The Balaban J connectivity index is 2.89. The van der Waals surface area contributed by atoms with Crippen LogP contribution in [0.25, 0.3) is 0 Å². The van der Waals surface area contributed by atoms with Crippen LogP contribution in [0.3, 0.4) is 0 Å². The zero-order valence-electron chi connectivity index (χ0n) is 6.19. The molecule has 10 heavy (non-hydrogen) atoms. The molecule has 1 heteroatoms. The predicted octanol–water partition coefficient (Wildman–Crippen LogP) is 3.30. The third kappa shape index (κ3) is 1.74. The SMILES string of the molecule is C[C](C)c1ccc(Cl)cc1. The predicted molar refractivity (Wildman–Crippen MR) is 45.1 cm³/mol. The lowest BCUT2D eigenvalue weighted by molar-refractivity contribution is 1.15. The Kier molecular flexibility index (Phi) is 2.34. The van der Waals surface area contributed by atoms with Gasteiger partial charge in [0.1, 0.15) is 0 Å². The van der Waals surface area contributed by atoms with Gasteiger partial charge >= 0.3 is 0 Å². The summed E-state index contributed by atoms with van der Waals surface area (Å²) in [5.74, 6) is 1.32. The Bertz CT molecular complexity index is 198. The van der Waals surface area contributed by atoms with E-state index in [0.717, 1.165) is 5.02 Å².